The molecule has 0 saturated heterocycles. The van der Waals surface area contributed by atoms with E-state index in [0.717, 1.165) is 4.47 Å². The number of hydrogen-bond donors (Lipinski definition) is 1. The number of carbonyl (C=O) groups is 1. The summed E-state index contributed by atoms with van der Waals surface area (Å²) < 4.78 is 5.40. The topological polar surface area (TPSA) is 68.0 Å². The Bertz CT molecular complexity index is 453. The molecule has 0 unspecified atom stereocenters. The normalized spacial score (nSPS) is 9.93. The average Bonchev–Trinajstić information content (AvgIpc) is 2.71. The molecule has 0 spiro atoms. The Morgan fingerprint density at radius 3 is 2.87 bits per heavy atom. The van der Waals surface area contributed by atoms with E-state index in [1.807, 2.05) is 0 Å². The first kappa shape index (κ1) is 9.85. The molecule has 1 N–H and O–H groups in total. The molecule has 0 fully saturated rings. The molecule has 15 heavy (non-hydrogen) atoms. The van der Waals surface area contributed by atoms with Gasteiger partial charge in [0.15, 0.2) is 0 Å². The quantitative estimate of drug-likeness (QED) is 0.905. The molecule has 0 aliphatic heterocycles. The molecule has 0 atom stereocenters. The van der Waals surface area contributed by atoms with E-state index in [4.69, 9.17) is 0 Å². The summed E-state index contributed by atoms with van der Waals surface area (Å²) in [5.41, 5.74) is 0.837. The van der Waals surface area contributed by atoms with Crippen LogP contribution < -0.4 is 5.32 Å². The Morgan fingerprint density at radius 1 is 1.40 bits per heavy atom. The number of aromatic nitrogens is 2. The lowest BCUT2D eigenvalue weighted by atomic mass is 10.3. The molecule has 76 valence electrons. The van der Waals surface area contributed by atoms with Crippen LogP contribution in [0.1, 0.15) is 10.5 Å². The van der Waals surface area contributed by atoms with Crippen LogP contribution in [0.3, 0.4) is 0 Å². The van der Waals surface area contributed by atoms with Gasteiger partial charge >= 0.3 is 0 Å². The number of nitrogens with zero attached hydrogens (tertiary/aromatic N) is 2. The van der Waals surface area contributed by atoms with Gasteiger partial charge in [-0.25, -0.2) is 4.98 Å². The lowest BCUT2D eigenvalue weighted by molar-refractivity contribution is 0.102. The second-order valence-electron chi connectivity index (χ2n) is 2.73. The molecule has 1 amide bonds. The molecule has 2 heterocycles. The van der Waals surface area contributed by atoms with Crippen molar-refractivity contribution in [1.82, 2.24) is 10.1 Å². The lowest BCUT2D eigenvalue weighted by Gasteiger charge is -2.00. The maximum Gasteiger partial charge on any atom is 0.274 e. The van der Waals surface area contributed by atoms with Crippen molar-refractivity contribution in [3.8, 4) is 0 Å². The summed E-state index contributed by atoms with van der Waals surface area (Å²) in [6.45, 7) is 0. The van der Waals surface area contributed by atoms with Gasteiger partial charge in [0.2, 0.25) is 0 Å². The number of nitrogens with one attached hydrogen (secondary N) is 1. The highest BCUT2D eigenvalue weighted by molar-refractivity contribution is 9.10. The SMILES string of the molecule is O=C(Nc1cnoc1)c1ccc(Br)cn1. The summed E-state index contributed by atoms with van der Waals surface area (Å²) in [5, 5.41) is 6.05. The second kappa shape index (κ2) is 4.22. The van der Waals surface area contributed by atoms with Gasteiger partial charge < -0.3 is 9.84 Å². The van der Waals surface area contributed by atoms with Gasteiger partial charge in [-0.15, -0.1) is 0 Å². The van der Waals surface area contributed by atoms with Crippen LogP contribution in [0.15, 0.2) is 39.8 Å². The zero-order chi connectivity index (χ0) is 10.7. The van der Waals surface area contributed by atoms with Crippen LogP contribution in [-0.2, 0) is 0 Å². The fourth-order valence-corrected chi connectivity index (χ4v) is 1.21. The Kier molecular flexibility index (Phi) is 2.77. The minimum Gasteiger partial charge on any atom is -0.363 e. The molecule has 5 nitrogen and oxygen atoms in total. The number of halogens is 1. The van der Waals surface area contributed by atoms with Gasteiger partial charge in [0.25, 0.3) is 5.91 Å². The van der Waals surface area contributed by atoms with E-state index < -0.39 is 0 Å². The molecular formula is C9H6BrN3O2. The van der Waals surface area contributed by atoms with Crippen LogP contribution in [0.5, 0.6) is 0 Å². The molecule has 2 aromatic rings. The van der Waals surface area contributed by atoms with Crippen molar-refractivity contribution < 1.29 is 9.32 Å². The van der Waals surface area contributed by atoms with E-state index in [0.29, 0.717) is 11.4 Å². The maximum absolute atomic E-state index is 11.6. The van der Waals surface area contributed by atoms with Crippen molar-refractivity contribution in [3.05, 3.63) is 41.0 Å². The summed E-state index contributed by atoms with van der Waals surface area (Å²) in [5.74, 6) is -0.300. The number of rotatable bonds is 2. The smallest absolute Gasteiger partial charge is 0.274 e. The van der Waals surface area contributed by atoms with E-state index in [9.17, 15) is 4.79 Å². The van der Waals surface area contributed by atoms with Crippen molar-refractivity contribution >= 4 is 27.5 Å². The van der Waals surface area contributed by atoms with Gasteiger partial charge in [-0.05, 0) is 28.1 Å². The van der Waals surface area contributed by atoms with E-state index in [-0.39, 0.29) is 5.91 Å². The molecule has 0 aromatic carbocycles. The fourth-order valence-electron chi connectivity index (χ4n) is 0.972. The molecule has 0 saturated carbocycles. The third-order valence-electron chi connectivity index (χ3n) is 1.65. The largest absolute Gasteiger partial charge is 0.363 e. The fraction of sp³-hybridized carbons (Fsp3) is 0. The predicted octanol–water partition coefficient (Wildman–Crippen LogP) is 2.08. The van der Waals surface area contributed by atoms with Crippen molar-refractivity contribution in [2.24, 2.45) is 0 Å². The van der Waals surface area contributed by atoms with Gasteiger partial charge in [0.05, 0.1) is 6.20 Å². The lowest BCUT2D eigenvalue weighted by Crippen LogP contribution is -2.12. The third-order valence-corrected chi connectivity index (χ3v) is 2.12. The summed E-state index contributed by atoms with van der Waals surface area (Å²) in [7, 11) is 0. The first-order valence-electron chi connectivity index (χ1n) is 4.08. The Balaban J connectivity index is 2.11. The molecule has 2 rings (SSSR count). The van der Waals surface area contributed by atoms with Crippen molar-refractivity contribution in [2.75, 3.05) is 5.32 Å². The van der Waals surface area contributed by atoms with Gasteiger partial charge in [-0.1, -0.05) is 5.16 Å². The Labute approximate surface area is 93.6 Å². The number of hydrogen-bond acceptors (Lipinski definition) is 4. The first-order chi connectivity index (χ1) is 7.25. The zero-order valence-electron chi connectivity index (χ0n) is 7.48. The van der Waals surface area contributed by atoms with Gasteiger partial charge in [-0.3, -0.25) is 4.79 Å². The molecule has 0 radical (unpaired) electrons. The van der Waals surface area contributed by atoms with Gasteiger partial charge in [-0.2, -0.15) is 0 Å². The summed E-state index contributed by atoms with van der Waals surface area (Å²) >= 11 is 3.24. The molecule has 0 bridgehead atoms. The van der Waals surface area contributed by atoms with Crippen LogP contribution in [0, 0.1) is 0 Å². The maximum atomic E-state index is 11.6. The van der Waals surface area contributed by atoms with E-state index in [2.05, 4.69) is 35.9 Å². The minimum atomic E-state index is -0.300. The third kappa shape index (κ3) is 2.41. The number of pyridine rings is 1. The Hall–Kier alpha value is -1.69. The van der Waals surface area contributed by atoms with Crippen molar-refractivity contribution in [1.29, 1.82) is 0 Å². The zero-order valence-corrected chi connectivity index (χ0v) is 9.06. The van der Waals surface area contributed by atoms with Crippen LogP contribution in [-0.4, -0.2) is 16.0 Å². The standard InChI is InChI=1S/C9H6BrN3O2/c10-6-1-2-8(11-3-6)9(14)13-7-4-12-15-5-7/h1-5H,(H,13,14). The van der Waals surface area contributed by atoms with Crippen LogP contribution in [0.2, 0.25) is 0 Å². The highest BCUT2D eigenvalue weighted by Gasteiger charge is 2.07. The van der Waals surface area contributed by atoms with E-state index in [1.54, 1.807) is 18.3 Å². The minimum absolute atomic E-state index is 0.300. The monoisotopic (exact) mass is 267 g/mol. The van der Waals surface area contributed by atoms with Crippen LogP contribution in [0.25, 0.3) is 0 Å². The molecular weight excluding hydrogens is 262 g/mol. The molecule has 2 aromatic heterocycles. The first-order valence-corrected chi connectivity index (χ1v) is 4.87. The Morgan fingerprint density at radius 2 is 2.27 bits per heavy atom. The van der Waals surface area contributed by atoms with E-state index >= 15 is 0 Å². The predicted molar refractivity (Wildman–Crippen MR) is 56.4 cm³/mol. The number of amides is 1. The molecule has 6 heteroatoms. The van der Waals surface area contributed by atoms with Gasteiger partial charge in [0, 0.05) is 10.7 Å². The molecule has 0 aliphatic rings. The van der Waals surface area contributed by atoms with Crippen LogP contribution in [0.4, 0.5) is 5.69 Å². The van der Waals surface area contributed by atoms with E-state index in [1.165, 1.54) is 12.5 Å². The van der Waals surface area contributed by atoms with Crippen LogP contribution >= 0.6 is 15.9 Å². The van der Waals surface area contributed by atoms with Gasteiger partial charge in [0.1, 0.15) is 17.6 Å². The summed E-state index contributed by atoms with van der Waals surface area (Å²) in [4.78, 5) is 15.5. The second-order valence-corrected chi connectivity index (χ2v) is 3.64. The highest BCUT2D eigenvalue weighted by Crippen LogP contribution is 2.09. The average molecular weight is 268 g/mol. The summed E-state index contributed by atoms with van der Waals surface area (Å²) in [6.07, 6.45) is 4.32. The van der Waals surface area contributed by atoms with Crippen molar-refractivity contribution in [2.45, 2.75) is 0 Å². The molecule has 0 aliphatic carbocycles. The van der Waals surface area contributed by atoms with Crippen molar-refractivity contribution in [3.63, 3.8) is 0 Å². The number of anilines is 1. The summed E-state index contributed by atoms with van der Waals surface area (Å²) in [6, 6.07) is 3.36. The highest BCUT2D eigenvalue weighted by atomic mass is 79.9. The number of carbonyl (C=O) groups excluding carboxylic acids is 1.